The largest absolute Gasteiger partial charge is 0.476 e. The van der Waals surface area contributed by atoms with E-state index >= 15 is 0 Å². The molecule has 3 fully saturated rings. The van der Waals surface area contributed by atoms with Crippen LogP contribution >= 0.6 is 11.6 Å². The van der Waals surface area contributed by atoms with Gasteiger partial charge in [-0.1, -0.05) is 44.2 Å². The van der Waals surface area contributed by atoms with Crippen LogP contribution in [0.15, 0.2) is 29.1 Å². The molecule has 6 nitrogen and oxygen atoms in total. The Balaban J connectivity index is 1.54. The molecule has 2 saturated heterocycles. The minimum absolute atomic E-state index is 0.124. The zero-order chi connectivity index (χ0) is 22.3. The molecule has 1 aromatic carbocycles. The van der Waals surface area contributed by atoms with Gasteiger partial charge in [0.25, 0.3) is 5.56 Å². The Morgan fingerprint density at radius 3 is 2.41 bits per heavy atom. The van der Waals surface area contributed by atoms with E-state index in [0.29, 0.717) is 29.5 Å². The van der Waals surface area contributed by atoms with Crippen molar-refractivity contribution in [3.63, 3.8) is 0 Å². The molecule has 1 aromatic heterocycles. The fourth-order valence-corrected chi connectivity index (χ4v) is 7.18. The molecule has 1 saturated carbocycles. The minimum atomic E-state index is -1.28. The second-order valence-electron chi connectivity index (χ2n) is 9.89. The summed E-state index contributed by atoms with van der Waals surface area (Å²) in [5, 5.41) is 9.61. The minimum Gasteiger partial charge on any atom is -0.476 e. The van der Waals surface area contributed by atoms with E-state index in [4.69, 9.17) is 11.6 Å². The van der Waals surface area contributed by atoms with Crippen molar-refractivity contribution in [1.29, 1.82) is 0 Å². The molecular formula is C25H32ClN3O3. The number of piperidine rings is 2. The summed E-state index contributed by atoms with van der Waals surface area (Å²) in [5.41, 5.74) is 0.324. The van der Waals surface area contributed by atoms with E-state index in [0.717, 1.165) is 25.7 Å². The van der Waals surface area contributed by atoms with E-state index in [9.17, 15) is 14.7 Å². The number of halogens is 1. The van der Waals surface area contributed by atoms with E-state index < -0.39 is 22.2 Å². The van der Waals surface area contributed by atoms with Crippen LogP contribution in [0.5, 0.6) is 0 Å². The maximum atomic E-state index is 13.3. The lowest BCUT2D eigenvalue weighted by molar-refractivity contribution is -0.0477. The molecule has 7 heteroatoms. The molecule has 1 N–H and O–H groups in total. The first-order chi connectivity index (χ1) is 15.5. The molecule has 5 rings (SSSR count). The highest BCUT2D eigenvalue weighted by atomic mass is 35.5. The number of para-hydroxylation sites is 2. The summed E-state index contributed by atoms with van der Waals surface area (Å²) >= 11 is 7.43. The standard InChI is InChI=1S/C25H32ClN3O3/c26-25-14-8-11-18(29(25)17-9-4-2-1-3-5-10-17)15-19(16-25)28-21-13-7-6-12-20(21)27-22(23(28)30)24(31)32/h6-7,12-13,17-19H,1-5,8-11,14-16H2,(H,31,32)/t18-,19+,25+/m1/s1. The molecule has 0 radical (unpaired) electrons. The molecule has 0 unspecified atom stereocenters. The number of alkyl halides is 1. The van der Waals surface area contributed by atoms with Crippen LogP contribution < -0.4 is 5.56 Å². The lowest BCUT2D eigenvalue weighted by atomic mass is 9.78. The molecule has 2 aromatic rings. The Morgan fingerprint density at radius 2 is 1.69 bits per heavy atom. The van der Waals surface area contributed by atoms with Gasteiger partial charge in [-0.15, -0.1) is 11.6 Å². The highest BCUT2D eigenvalue weighted by Crippen LogP contribution is 2.50. The van der Waals surface area contributed by atoms with E-state index in [1.54, 1.807) is 10.6 Å². The van der Waals surface area contributed by atoms with Crippen LogP contribution in [0.3, 0.4) is 0 Å². The first-order valence-corrected chi connectivity index (χ1v) is 12.6. The number of hydrogen-bond acceptors (Lipinski definition) is 4. The van der Waals surface area contributed by atoms with Gasteiger partial charge >= 0.3 is 5.97 Å². The number of aromatic nitrogens is 2. The Hall–Kier alpha value is -1.92. The van der Waals surface area contributed by atoms with Gasteiger partial charge in [-0.3, -0.25) is 9.69 Å². The predicted octanol–water partition coefficient (Wildman–Crippen LogP) is 5.33. The SMILES string of the molecule is O=C(O)c1nc2ccccc2n([C@H]2C[C@H]3CCC[C@@](Cl)(C2)N3C2CCCCCCC2)c1=O. The third-order valence-electron chi connectivity index (χ3n) is 7.88. The Bertz CT molecular complexity index is 1060. The number of carbonyl (C=O) groups is 1. The Labute approximate surface area is 193 Å². The van der Waals surface area contributed by atoms with Crippen LogP contribution in [0, 0.1) is 0 Å². The summed E-state index contributed by atoms with van der Waals surface area (Å²) in [5.74, 6) is -1.28. The Kier molecular flexibility index (Phi) is 6.01. The first kappa shape index (κ1) is 21.9. The van der Waals surface area contributed by atoms with Crippen molar-refractivity contribution in [2.24, 2.45) is 0 Å². The van der Waals surface area contributed by atoms with Crippen LogP contribution in [-0.2, 0) is 0 Å². The smallest absolute Gasteiger partial charge is 0.360 e. The van der Waals surface area contributed by atoms with Crippen molar-refractivity contribution in [3.8, 4) is 0 Å². The van der Waals surface area contributed by atoms with Crippen molar-refractivity contribution >= 4 is 28.6 Å². The van der Waals surface area contributed by atoms with E-state index in [-0.39, 0.29) is 6.04 Å². The lowest BCUT2D eigenvalue weighted by Gasteiger charge is -2.57. The topological polar surface area (TPSA) is 75.4 Å². The number of carboxylic acids is 1. The number of rotatable bonds is 3. The normalized spacial score (nSPS) is 30.0. The number of aromatic carboxylic acids is 1. The van der Waals surface area contributed by atoms with Crippen molar-refractivity contribution in [2.75, 3.05) is 0 Å². The molecule has 1 aliphatic carbocycles. The second kappa shape index (κ2) is 8.79. The van der Waals surface area contributed by atoms with Crippen molar-refractivity contribution in [1.82, 2.24) is 14.5 Å². The molecular weight excluding hydrogens is 426 g/mol. The summed E-state index contributed by atoms with van der Waals surface area (Å²) in [4.78, 5) is 31.3. The molecule has 2 bridgehead atoms. The number of carboxylic acid groups (broad SMARTS) is 1. The van der Waals surface area contributed by atoms with Crippen molar-refractivity contribution in [3.05, 3.63) is 40.3 Å². The molecule has 3 heterocycles. The van der Waals surface area contributed by atoms with Gasteiger partial charge < -0.3 is 9.67 Å². The van der Waals surface area contributed by atoms with Gasteiger partial charge in [-0.25, -0.2) is 9.78 Å². The van der Waals surface area contributed by atoms with E-state index in [1.165, 1.54) is 44.9 Å². The Morgan fingerprint density at radius 1 is 1.00 bits per heavy atom. The summed E-state index contributed by atoms with van der Waals surface area (Å²) in [7, 11) is 0. The van der Waals surface area contributed by atoms with Crippen LogP contribution in [0.25, 0.3) is 11.0 Å². The van der Waals surface area contributed by atoms with Crippen molar-refractivity contribution in [2.45, 2.75) is 100 Å². The quantitative estimate of drug-likeness (QED) is 0.497. The number of hydrogen-bond donors (Lipinski definition) is 1. The van der Waals surface area contributed by atoms with Crippen LogP contribution in [0.4, 0.5) is 0 Å². The van der Waals surface area contributed by atoms with Gasteiger partial charge in [-0.05, 0) is 50.7 Å². The van der Waals surface area contributed by atoms with E-state index in [1.807, 2.05) is 18.2 Å². The van der Waals surface area contributed by atoms with Gasteiger partial charge in [0.05, 0.1) is 16.0 Å². The molecule has 172 valence electrons. The highest BCUT2D eigenvalue weighted by molar-refractivity contribution is 6.23. The molecule has 3 atom stereocenters. The van der Waals surface area contributed by atoms with Gasteiger partial charge in [0.2, 0.25) is 5.69 Å². The summed E-state index contributed by atoms with van der Waals surface area (Å²) in [6, 6.07) is 8.06. The monoisotopic (exact) mass is 457 g/mol. The van der Waals surface area contributed by atoms with Gasteiger partial charge in [-0.2, -0.15) is 0 Å². The zero-order valence-corrected chi connectivity index (χ0v) is 19.3. The maximum Gasteiger partial charge on any atom is 0.360 e. The van der Waals surface area contributed by atoms with Gasteiger partial charge in [0.1, 0.15) is 0 Å². The van der Waals surface area contributed by atoms with Gasteiger partial charge in [0, 0.05) is 24.5 Å². The average Bonchev–Trinajstić information content (AvgIpc) is 2.72. The average molecular weight is 458 g/mol. The molecule has 2 aliphatic heterocycles. The first-order valence-electron chi connectivity index (χ1n) is 12.2. The molecule has 32 heavy (non-hydrogen) atoms. The van der Waals surface area contributed by atoms with Crippen LogP contribution in [0.2, 0.25) is 0 Å². The van der Waals surface area contributed by atoms with Crippen LogP contribution in [0.1, 0.15) is 93.6 Å². The molecule has 3 aliphatic rings. The van der Waals surface area contributed by atoms with Crippen molar-refractivity contribution < 1.29 is 9.90 Å². The maximum absolute atomic E-state index is 13.3. The third-order valence-corrected chi connectivity index (χ3v) is 8.42. The number of fused-ring (bicyclic) bond motifs is 3. The second-order valence-corrected chi connectivity index (χ2v) is 10.6. The van der Waals surface area contributed by atoms with Gasteiger partial charge in [0.15, 0.2) is 0 Å². The summed E-state index contributed by atoms with van der Waals surface area (Å²) < 4.78 is 1.69. The van der Waals surface area contributed by atoms with Crippen LogP contribution in [-0.4, -0.2) is 42.6 Å². The third kappa shape index (κ3) is 3.86. The summed E-state index contributed by atoms with van der Waals surface area (Å²) in [6.45, 7) is 0. The number of benzene rings is 1. The van der Waals surface area contributed by atoms with E-state index in [2.05, 4.69) is 9.88 Å². The zero-order valence-electron chi connectivity index (χ0n) is 18.5. The fraction of sp³-hybridized carbons (Fsp3) is 0.640. The molecule has 0 spiro atoms. The summed E-state index contributed by atoms with van der Waals surface area (Å²) in [6.07, 6.45) is 13.5. The lowest BCUT2D eigenvalue weighted by Crippen LogP contribution is -2.62. The predicted molar refractivity (Wildman–Crippen MR) is 125 cm³/mol. The number of nitrogens with zero attached hydrogens (tertiary/aromatic N) is 3. The fourth-order valence-electron chi connectivity index (χ4n) is 6.59. The molecule has 0 amide bonds. The highest BCUT2D eigenvalue weighted by Gasteiger charge is 2.51.